The highest BCUT2D eigenvalue weighted by Crippen LogP contribution is 2.24. The molecule has 1 aliphatic rings. The lowest BCUT2D eigenvalue weighted by Gasteiger charge is -2.15. The van der Waals surface area contributed by atoms with E-state index in [1.54, 1.807) is 6.08 Å². The van der Waals surface area contributed by atoms with Gasteiger partial charge in [0.25, 0.3) is 5.91 Å². The van der Waals surface area contributed by atoms with Gasteiger partial charge in [0, 0.05) is 28.2 Å². The first-order valence-corrected chi connectivity index (χ1v) is 8.69. The zero-order chi connectivity index (χ0) is 16.9. The SMILES string of the molecule is Cc1[nH]c2ccccc2c1/C=C(\C#N)C(=O)NC1CCCCCC1. The number of nitrogens with one attached hydrogen (secondary N) is 2. The summed E-state index contributed by atoms with van der Waals surface area (Å²) >= 11 is 0. The predicted molar refractivity (Wildman–Crippen MR) is 96.3 cm³/mol. The Morgan fingerprint density at radius 2 is 1.96 bits per heavy atom. The molecule has 0 bridgehead atoms. The molecule has 2 N–H and O–H groups in total. The number of carbonyl (C=O) groups is 1. The van der Waals surface area contributed by atoms with E-state index >= 15 is 0 Å². The lowest BCUT2D eigenvalue weighted by atomic mass is 10.1. The third-order valence-corrected chi connectivity index (χ3v) is 4.79. The van der Waals surface area contributed by atoms with Crippen molar-refractivity contribution in [3.63, 3.8) is 0 Å². The van der Waals surface area contributed by atoms with E-state index in [9.17, 15) is 10.1 Å². The minimum atomic E-state index is -0.255. The van der Waals surface area contributed by atoms with E-state index in [-0.39, 0.29) is 17.5 Å². The van der Waals surface area contributed by atoms with Crippen molar-refractivity contribution in [2.24, 2.45) is 0 Å². The third kappa shape index (κ3) is 3.51. The second-order valence-electron chi connectivity index (χ2n) is 6.54. The van der Waals surface area contributed by atoms with Crippen LogP contribution in [0, 0.1) is 18.3 Å². The molecule has 1 heterocycles. The standard InChI is InChI=1S/C20H23N3O/c1-14-18(17-10-6-7-11-19(17)22-14)12-15(13-21)20(24)23-16-8-4-2-3-5-9-16/h6-7,10-12,16,22H,2-5,8-9H2,1H3,(H,23,24)/b15-12+. The molecule has 24 heavy (non-hydrogen) atoms. The van der Waals surface area contributed by atoms with E-state index in [1.807, 2.05) is 31.2 Å². The van der Waals surface area contributed by atoms with Crippen LogP contribution in [0.15, 0.2) is 29.8 Å². The fraction of sp³-hybridized carbons (Fsp3) is 0.400. The number of aryl methyl sites for hydroxylation is 1. The molecule has 1 aliphatic carbocycles. The van der Waals surface area contributed by atoms with E-state index in [0.717, 1.165) is 47.8 Å². The average Bonchev–Trinajstić information content (AvgIpc) is 2.75. The highest BCUT2D eigenvalue weighted by molar-refractivity contribution is 6.04. The Hall–Kier alpha value is -2.54. The highest BCUT2D eigenvalue weighted by Gasteiger charge is 2.18. The van der Waals surface area contributed by atoms with Crippen LogP contribution < -0.4 is 5.32 Å². The topological polar surface area (TPSA) is 68.7 Å². The molecule has 0 aliphatic heterocycles. The number of hydrogen-bond donors (Lipinski definition) is 2. The normalized spacial score (nSPS) is 16.6. The summed E-state index contributed by atoms with van der Waals surface area (Å²) in [6.07, 6.45) is 8.51. The molecule has 1 amide bonds. The number of H-pyrrole nitrogens is 1. The van der Waals surface area contributed by atoms with Gasteiger partial charge in [-0.15, -0.1) is 0 Å². The zero-order valence-electron chi connectivity index (χ0n) is 14.1. The van der Waals surface area contributed by atoms with Crippen molar-refractivity contribution in [3.8, 4) is 6.07 Å². The van der Waals surface area contributed by atoms with Gasteiger partial charge < -0.3 is 10.3 Å². The molecule has 1 saturated carbocycles. The third-order valence-electron chi connectivity index (χ3n) is 4.79. The van der Waals surface area contributed by atoms with Gasteiger partial charge in [-0.05, 0) is 31.9 Å². The summed E-state index contributed by atoms with van der Waals surface area (Å²) < 4.78 is 0. The smallest absolute Gasteiger partial charge is 0.262 e. The van der Waals surface area contributed by atoms with Crippen molar-refractivity contribution in [3.05, 3.63) is 41.1 Å². The summed E-state index contributed by atoms with van der Waals surface area (Å²) in [5, 5.41) is 13.5. The number of hydrogen-bond acceptors (Lipinski definition) is 2. The quantitative estimate of drug-likeness (QED) is 0.505. The Morgan fingerprint density at radius 3 is 2.67 bits per heavy atom. The fourth-order valence-electron chi connectivity index (χ4n) is 3.46. The molecule has 4 nitrogen and oxygen atoms in total. The van der Waals surface area contributed by atoms with Gasteiger partial charge in [-0.3, -0.25) is 4.79 Å². The first-order chi connectivity index (χ1) is 11.7. The number of fused-ring (bicyclic) bond motifs is 1. The molecule has 3 rings (SSSR count). The van der Waals surface area contributed by atoms with Crippen LogP contribution in [-0.2, 0) is 4.79 Å². The lowest BCUT2D eigenvalue weighted by molar-refractivity contribution is -0.117. The second-order valence-corrected chi connectivity index (χ2v) is 6.54. The maximum atomic E-state index is 12.5. The number of aromatic nitrogens is 1. The van der Waals surface area contributed by atoms with Crippen LogP contribution >= 0.6 is 0 Å². The first-order valence-electron chi connectivity index (χ1n) is 8.69. The Labute approximate surface area is 142 Å². The number of benzene rings is 1. The van der Waals surface area contributed by atoms with Gasteiger partial charge in [0.15, 0.2) is 0 Å². The van der Waals surface area contributed by atoms with Gasteiger partial charge in [0.2, 0.25) is 0 Å². The number of carbonyl (C=O) groups excluding carboxylic acids is 1. The molecular formula is C20H23N3O. The van der Waals surface area contributed by atoms with E-state index in [2.05, 4.69) is 16.4 Å². The van der Waals surface area contributed by atoms with Crippen LogP contribution in [0.25, 0.3) is 17.0 Å². The molecule has 2 aromatic rings. The summed E-state index contributed by atoms with van der Waals surface area (Å²) in [6.45, 7) is 1.96. The molecule has 0 radical (unpaired) electrons. The molecule has 1 aromatic carbocycles. The van der Waals surface area contributed by atoms with Crippen molar-refractivity contribution < 1.29 is 4.79 Å². The molecule has 124 valence electrons. The van der Waals surface area contributed by atoms with Crippen LogP contribution in [0.2, 0.25) is 0 Å². The molecule has 4 heteroatoms. The predicted octanol–water partition coefficient (Wildman–Crippen LogP) is 4.22. The van der Waals surface area contributed by atoms with Gasteiger partial charge >= 0.3 is 0 Å². The molecule has 1 aromatic heterocycles. The van der Waals surface area contributed by atoms with Crippen LogP contribution in [0.4, 0.5) is 0 Å². The molecule has 0 spiro atoms. The molecule has 0 atom stereocenters. The summed E-state index contributed by atoms with van der Waals surface area (Å²) in [5.41, 5.74) is 3.07. The minimum absolute atomic E-state index is 0.173. The van der Waals surface area contributed by atoms with Crippen molar-refractivity contribution in [2.45, 2.75) is 51.5 Å². The van der Waals surface area contributed by atoms with Gasteiger partial charge in [-0.25, -0.2) is 0 Å². The Morgan fingerprint density at radius 1 is 1.25 bits per heavy atom. The Balaban J connectivity index is 1.84. The number of aromatic amines is 1. The van der Waals surface area contributed by atoms with Crippen LogP contribution in [0.3, 0.4) is 0 Å². The second kappa shape index (κ2) is 7.35. The molecular weight excluding hydrogens is 298 g/mol. The van der Waals surface area contributed by atoms with Crippen molar-refractivity contribution in [2.75, 3.05) is 0 Å². The van der Waals surface area contributed by atoms with E-state index < -0.39 is 0 Å². The molecule has 1 fully saturated rings. The largest absolute Gasteiger partial charge is 0.358 e. The number of nitrogens with zero attached hydrogens (tertiary/aromatic N) is 1. The minimum Gasteiger partial charge on any atom is -0.358 e. The van der Waals surface area contributed by atoms with Gasteiger partial charge in [0.05, 0.1) is 0 Å². The van der Waals surface area contributed by atoms with Crippen LogP contribution in [-0.4, -0.2) is 16.9 Å². The lowest BCUT2D eigenvalue weighted by Crippen LogP contribution is -2.35. The Bertz CT molecular complexity index is 802. The first kappa shape index (κ1) is 16.3. The van der Waals surface area contributed by atoms with Crippen molar-refractivity contribution in [1.29, 1.82) is 5.26 Å². The summed E-state index contributed by atoms with van der Waals surface area (Å²) in [5.74, 6) is -0.255. The van der Waals surface area contributed by atoms with Crippen molar-refractivity contribution >= 4 is 22.9 Å². The van der Waals surface area contributed by atoms with Gasteiger partial charge in [-0.2, -0.15) is 5.26 Å². The molecule has 0 unspecified atom stereocenters. The average molecular weight is 321 g/mol. The maximum absolute atomic E-state index is 12.5. The van der Waals surface area contributed by atoms with E-state index in [4.69, 9.17) is 0 Å². The summed E-state index contributed by atoms with van der Waals surface area (Å²) in [7, 11) is 0. The number of para-hydroxylation sites is 1. The zero-order valence-corrected chi connectivity index (χ0v) is 14.1. The maximum Gasteiger partial charge on any atom is 0.262 e. The van der Waals surface area contributed by atoms with Gasteiger partial charge in [-0.1, -0.05) is 43.9 Å². The monoisotopic (exact) mass is 321 g/mol. The fourth-order valence-corrected chi connectivity index (χ4v) is 3.46. The highest BCUT2D eigenvalue weighted by atomic mass is 16.1. The summed E-state index contributed by atoms with van der Waals surface area (Å²) in [6, 6.07) is 10.2. The number of nitriles is 1. The van der Waals surface area contributed by atoms with E-state index in [0.29, 0.717) is 0 Å². The summed E-state index contributed by atoms with van der Waals surface area (Å²) in [4.78, 5) is 15.8. The van der Waals surface area contributed by atoms with Crippen LogP contribution in [0.5, 0.6) is 0 Å². The number of amides is 1. The van der Waals surface area contributed by atoms with Crippen LogP contribution in [0.1, 0.15) is 49.8 Å². The number of rotatable bonds is 3. The van der Waals surface area contributed by atoms with E-state index in [1.165, 1.54) is 12.8 Å². The Kier molecular flexibility index (Phi) is 5.00. The van der Waals surface area contributed by atoms with Gasteiger partial charge in [0.1, 0.15) is 11.6 Å². The van der Waals surface area contributed by atoms with Crippen molar-refractivity contribution in [1.82, 2.24) is 10.3 Å². The molecule has 0 saturated heterocycles.